The van der Waals surface area contributed by atoms with Gasteiger partial charge in [0.05, 0.1) is 0 Å². The molecule has 0 aromatic heterocycles. The maximum absolute atomic E-state index is 12.1. The van der Waals surface area contributed by atoms with Crippen molar-refractivity contribution in [1.82, 2.24) is 10.2 Å². The topological polar surface area (TPSA) is 81.7 Å². The van der Waals surface area contributed by atoms with E-state index < -0.39 is 0 Å². The van der Waals surface area contributed by atoms with E-state index in [-0.39, 0.29) is 12.3 Å². The van der Waals surface area contributed by atoms with Crippen LogP contribution in [0.25, 0.3) is 0 Å². The van der Waals surface area contributed by atoms with Crippen molar-refractivity contribution in [1.29, 1.82) is 0 Å². The first-order chi connectivity index (χ1) is 13.6. The first-order valence-electron chi connectivity index (χ1n) is 9.98. The zero-order valence-electron chi connectivity index (χ0n) is 19.0. The molecule has 2 rings (SSSR count). The lowest BCUT2D eigenvalue weighted by atomic mass is 9.99. The molecule has 1 aliphatic heterocycles. The summed E-state index contributed by atoms with van der Waals surface area (Å²) in [5, 5.41) is 13.3. The van der Waals surface area contributed by atoms with Crippen LogP contribution in [0.2, 0.25) is 0 Å². The van der Waals surface area contributed by atoms with Crippen LogP contribution in [0.3, 0.4) is 0 Å². The summed E-state index contributed by atoms with van der Waals surface area (Å²) in [5.74, 6) is 3.34. The van der Waals surface area contributed by atoms with E-state index in [0.717, 1.165) is 48.6 Å². The molecule has 0 bridgehead atoms. The predicted molar refractivity (Wildman–Crippen MR) is 120 cm³/mol. The van der Waals surface area contributed by atoms with Crippen LogP contribution in [0.4, 0.5) is 5.69 Å². The standard InChI is InChI=1S/C17H23N3O.C5H12.CH2O2/c1-4-16(21)15-12-14(11-13(2)17(15)18-3)5-8-20-9-6-19-7-10-20;1-5(2,3)4;2-1-3/h11-12,18-19H,4,6-7,9-10H2,1-3H3;1-4H3;1H,(H,2,3). The van der Waals surface area contributed by atoms with Crippen LogP contribution in [0.5, 0.6) is 0 Å². The van der Waals surface area contributed by atoms with Crippen molar-refractivity contribution in [3.05, 3.63) is 28.8 Å². The van der Waals surface area contributed by atoms with E-state index in [1.807, 2.05) is 33.0 Å². The molecule has 0 unspecified atom stereocenters. The van der Waals surface area contributed by atoms with Gasteiger partial charge in [-0.25, -0.2) is 0 Å². The Kier molecular flexibility index (Phi) is 12.4. The Balaban J connectivity index is 0.000000838. The zero-order chi connectivity index (χ0) is 22.4. The molecule has 0 amide bonds. The molecule has 1 aliphatic rings. The number of carbonyl (C=O) groups excluding carboxylic acids is 1. The molecule has 0 spiro atoms. The van der Waals surface area contributed by atoms with E-state index in [2.05, 4.69) is 55.2 Å². The molecule has 3 N–H and O–H groups in total. The lowest BCUT2D eigenvalue weighted by Gasteiger charge is -2.23. The highest BCUT2D eigenvalue weighted by Gasteiger charge is 2.12. The van der Waals surface area contributed by atoms with Crippen molar-refractivity contribution in [3.8, 4) is 12.0 Å². The lowest BCUT2D eigenvalue weighted by Crippen LogP contribution is -2.40. The van der Waals surface area contributed by atoms with Gasteiger partial charge in [0.15, 0.2) is 5.78 Å². The van der Waals surface area contributed by atoms with Gasteiger partial charge < -0.3 is 20.6 Å². The number of anilines is 1. The second-order valence-corrected chi connectivity index (χ2v) is 8.32. The van der Waals surface area contributed by atoms with Gasteiger partial charge in [0, 0.05) is 62.5 Å². The Morgan fingerprint density at radius 2 is 1.79 bits per heavy atom. The van der Waals surface area contributed by atoms with Crippen LogP contribution in [-0.4, -0.2) is 55.5 Å². The highest BCUT2D eigenvalue weighted by Crippen LogP contribution is 2.23. The van der Waals surface area contributed by atoms with Gasteiger partial charge >= 0.3 is 0 Å². The fourth-order valence-corrected chi connectivity index (χ4v) is 2.52. The largest absolute Gasteiger partial charge is 0.483 e. The lowest BCUT2D eigenvalue weighted by molar-refractivity contribution is -0.122. The van der Waals surface area contributed by atoms with Gasteiger partial charge in [0.1, 0.15) is 0 Å². The SMILES string of the molecule is CC(C)(C)C.CCC(=O)c1cc(C#CN2CCNCC2)cc(C)c1NC.O=CO. The van der Waals surface area contributed by atoms with Gasteiger partial charge in [-0.3, -0.25) is 9.59 Å². The summed E-state index contributed by atoms with van der Waals surface area (Å²) in [6, 6.07) is 7.14. The summed E-state index contributed by atoms with van der Waals surface area (Å²) in [6.45, 7) is 16.2. The fourth-order valence-electron chi connectivity index (χ4n) is 2.52. The predicted octanol–water partition coefficient (Wildman–Crippen LogP) is 3.60. The Bertz CT molecular complexity index is 701. The van der Waals surface area contributed by atoms with E-state index in [0.29, 0.717) is 11.8 Å². The van der Waals surface area contributed by atoms with Crippen molar-refractivity contribution >= 4 is 17.9 Å². The number of ketones is 1. The van der Waals surface area contributed by atoms with Crippen LogP contribution < -0.4 is 10.6 Å². The molecule has 1 saturated heterocycles. The number of carboxylic acid groups (broad SMARTS) is 1. The molecule has 0 atom stereocenters. The van der Waals surface area contributed by atoms with Crippen molar-refractivity contribution in [3.63, 3.8) is 0 Å². The van der Waals surface area contributed by atoms with Crippen LogP contribution in [0, 0.1) is 24.3 Å². The molecule has 6 heteroatoms. The minimum Gasteiger partial charge on any atom is -0.483 e. The molecule has 1 fully saturated rings. The Hall–Kier alpha value is -2.52. The first-order valence-corrected chi connectivity index (χ1v) is 9.98. The number of rotatable bonds is 3. The van der Waals surface area contributed by atoms with Gasteiger partial charge in [-0.1, -0.05) is 34.6 Å². The summed E-state index contributed by atoms with van der Waals surface area (Å²) in [4.78, 5) is 22.6. The number of piperazine rings is 1. The highest BCUT2D eigenvalue weighted by molar-refractivity contribution is 6.02. The summed E-state index contributed by atoms with van der Waals surface area (Å²) in [7, 11) is 1.85. The number of aryl methyl sites for hydroxylation is 1. The van der Waals surface area contributed by atoms with Crippen molar-refractivity contribution < 1.29 is 14.7 Å². The van der Waals surface area contributed by atoms with Crippen LogP contribution >= 0.6 is 0 Å². The fraction of sp³-hybridized carbons (Fsp3) is 0.565. The Morgan fingerprint density at radius 3 is 2.24 bits per heavy atom. The molecule has 29 heavy (non-hydrogen) atoms. The third kappa shape index (κ3) is 11.8. The average molecular weight is 404 g/mol. The van der Waals surface area contributed by atoms with Gasteiger partial charge in [-0.05, 0) is 36.0 Å². The third-order valence-electron chi connectivity index (χ3n) is 3.68. The molecule has 1 aromatic rings. The number of Topliss-reactive ketones (excluding diaryl/α,β-unsaturated/α-hetero) is 1. The van der Waals surface area contributed by atoms with E-state index in [1.165, 1.54) is 0 Å². The summed E-state index contributed by atoms with van der Waals surface area (Å²) in [6.07, 6.45) is 0.503. The number of benzene rings is 1. The second kappa shape index (κ2) is 13.6. The number of hydrogen-bond donors (Lipinski definition) is 3. The van der Waals surface area contributed by atoms with E-state index in [9.17, 15) is 4.79 Å². The molecular formula is C23H37N3O3. The number of nitrogens with zero attached hydrogens (tertiary/aromatic N) is 1. The normalized spacial score (nSPS) is 12.9. The summed E-state index contributed by atoms with van der Waals surface area (Å²) in [5.41, 5.74) is 4.11. The molecule has 1 aromatic carbocycles. The van der Waals surface area contributed by atoms with E-state index >= 15 is 0 Å². The quantitative estimate of drug-likeness (QED) is 0.406. The van der Waals surface area contributed by atoms with Crippen molar-refractivity contribution in [2.75, 3.05) is 38.5 Å². The smallest absolute Gasteiger partial charge is 0.290 e. The van der Waals surface area contributed by atoms with E-state index in [4.69, 9.17) is 9.90 Å². The molecule has 162 valence electrons. The van der Waals surface area contributed by atoms with Crippen LogP contribution in [0.15, 0.2) is 12.1 Å². The summed E-state index contributed by atoms with van der Waals surface area (Å²) >= 11 is 0. The number of carbonyl (C=O) groups is 2. The maximum atomic E-state index is 12.1. The number of hydrogen-bond acceptors (Lipinski definition) is 5. The average Bonchev–Trinajstić information content (AvgIpc) is 2.65. The van der Waals surface area contributed by atoms with Gasteiger partial charge in [-0.2, -0.15) is 0 Å². The maximum Gasteiger partial charge on any atom is 0.290 e. The van der Waals surface area contributed by atoms with Gasteiger partial charge in [0.25, 0.3) is 6.47 Å². The minimum atomic E-state index is -0.250. The van der Waals surface area contributed by atoms with Gasteiger partial charge in [-0.15, -0.1) is 0 Å². The minimum absolute atomic E-state index is 0.147. The van der Waals surface area contributed by atoms with Crippen LogP contribution in [0.1, 0.15) is 62.5 Å². The monoisotopic (exact) mass is 403 g/mol. The second-order valence-electron chi connectivity index (χ2n) is 8.32. The molecule has 0 saturated carbocycles. The number of nitrogens with one attached hydrogen (secondary N) is 2. The van der Waals surface area contributed by atoms with Crippen LogP contribution in [-0.2, 0) is 4.79 Å². The molecule has 0 aliphatic carbocycles. The van der Waals surface area contributed by atoms with Gasteiger partial charge in [0.2, 0.25) is 0 Å². The van der Waals surface area contributed by atoms with Crippen molar-refractivity contribution in [2.24, 2.45) is 5.41 Å². The summed E-state index contributed by atoms with van der Waals surface area (Å²) < 4.78 is 0. The molecule has 1 heterocycles. The molecule has 0 radical (unpaired) electrons. The van der Waals surface area contributed by atoms with E-state index in [1.54, 1.807) is 0 Å². The highest BCUT2D eigenvalue weighted by atomic mass is 16.3. The third-order valence-corrected chi connectivity index (χ3v) is 3.68. The zero-order valence-corrected chi connectivity index (χ0v) is 19.0. The Morgan fingerprint density at radius 1 is 1.28 bits per heavy atom. The molecular weight excluding hydrogens is 366 g/mol. The first kappa shape index (κ1) is 26.5. The Labute approximate surface area is 176 Å². The van der Waals surface area contributed by atoms with Crippen molar-refractivity contribution in [2.45, 2.75) is 48.0 Å². The molecule has 6 nitrogen and oxygen atoms in total.